The Bertz CT molecular complexity index is 684. The molecule has 23 heavy (non-hydrogen) atoms. The second-order valence-corrected chi connectivity index (χ2v) is 8.45. The van der Waals surface area contributed by atoms with Gasteiger partial charge in [0.15, 0.2) is 9.84 Å². The van der Waals surface area contributed by atoms with Gasteiger partial charge in [-0.3, -0.25) is 4.79 Å². The molecular formula is C16H20FNO4S. The molecule has 2 saturated heterocycles. The molecule has 126 valence electrons. The van der Waals surface area contributed by atoms with Crippen molar-refractivity contribution >= 4 is 15.7 Å². The quantitative estimate of drug-likeness (QED) is 0.809. The van der Waals surface area contributed by atoms with Crippen LogP contribution in [0.15, 0.2) is 24.3 Å². The maximum absolute atomic E-state index is 13.7. The lowest BCUT2D eigenvalue weighted by molar-refractivity contribution is -0.141. The smallest absolute Gasteiger partial charge is 0.233 e. The lowest BCUT2D eigenvalue weighted by Crippen LogP contribution is -2.54. The highest BCUT2D eigenvalue weighted by molar-refractivity contribution is 7.91. The fraction of sp³-hybridized carbons (Fsp3) is 0.562. The first kappa shape index (κ1) is 16.4. The minimum absolute atomic E-state index is 0.00549. The van der Waals surface area contributed by atoms with Crippen molar-refractivity contribution < 1.29 is 22.3 Å². The number of rotatable bonds is 2. The number of carbonyl (C=O) groups excluding carboxylic acids is 1. The molecule has 0 atom stereocenters. The average Bonchev–Trinajstić information content (AvgIpc) is 2.55. The predicted molar refractivity (Wildman–Crippen MR) is 83.4 cm³/mol. The lowest BCUT2D eigenvalue weighted by Gasteiger charge is -2.41. The van der Waals surface area contributed by atoms with Gasteiger partial charge in [-0.15, -0.1) is 0 Å². The second-order valence-electron chi connectivity index (χ2n) is 6.15. The van der Waals surface area contributed by atoms with Crippen molar-refractivity contribution in [3.05, 3.63) is 35.6 Å². The molecule has 0 unspecified atom stereocenters. The highest BCUT2D eigenvalue weighted by Crippen LogP contribution is 2.37. The fourth-order valence-corrected chi connectivity index (χ4v) is 4.55. The number of sulfone groups is 1. The topological polar surface area (TPSA) is 63.7 Å². The van der Waals surface area contributed by atoms with Crippen LogP contribution in [-0.4, -0.2) is 57.0 Å². The van der Waals surface area contributed by atoms with Crippen LogP contribution >= 0.6 is 0 Å². The third kappa shape index (κ3) is 3.26. The molecule has 2 aliphatic heterocycles. The van der Waals surface area contributed by atoms with E-state index in [9.17, 15) is 17.6 Å². The molecular weight excluding hydrogens is 321 g/mol. The van der Waals surface area contributed by atoms with Crippen LogP contribution in [0.2, 0.25) is 0 Å². The summed E-state index contributed by atoms with van der Waals surface area (Å²) in [6, 6.07) is 6.14. The number of hydrogen-bond acceptors (Lipinski definition) is 4. The summed E-state index contributed by atoms with van der Waals surface area (Å²) in [7, 11) is -3.05. The summed E-state index contributed by atoms with van der Waals surface area (Å²) < 4.78 is 42.2. The van der Waals surface area contributed by atoms with Crippen molar-refractivity contribution in [3.63, 3.8) is 0 Å². The predicted octanol–water partition coefficient (Wildman–Crippen LogP) is 1.13. The minimum atomic E-state index is -3.05. The molecule has 0 saturated carbocycles. The average molecular weight is 341 g/mol. The molecule has 0 radical (unpaired) electrons. The van der Waals surface area contributed by atoms with Gasteiger partial charge >= 0.3 is 0 Å². The van der Waals surface area contributed by atoms with E-state index >= 15 is 0 Å². The molecule has 2 fully saturated rings. The number of carbonyl (C=O) groups is 1. The van der Waals surface area contributed by atoms with Gasteiger partial charge in [-0.2, -0.15) is 0 Å². The van der Waals surface area contributed by atoms with Crippen LogP contribution in [0.3, 0.4) is 0 Å². The van der Waals surface area contributed by atoms with Gasteiger partial charge in [0.05, 0.1) is 16.9 Å². The van der Waals surface area contributed by atoms with E-state index in [1.807, 2.05) is 0 Å². The van der Waals surface area contributed by atoms with Gasteiger partial charge in [-0.1, -0.05) is 12.1 Å². The van der Waals surface area contributed by atoms with E-state index < -0.39 is 15.3 Å². The summed E-state index contributed by atoms with van der Waals surface area (Å²) in [6.07, 6.45) is 0.969. The Labute approximate surface area is 135 Å². The summed E-state index contributed by atoms with van der Waals surface area (Å²) in [5, 5.41) is 0. The van der Waals surface area contributed by atoms with E-state index in [0.29, 0.717) is 31.6 Å². The van der Waals surface area contributed by atoms with Crippen molar-refractivity contribution in [2.75, 3.05) is 37.8 Å². The van der Waals surface area contributed by atoms with Gasteiger partial charge in [0.1, 0.15) is 5.82 Å². The zero-order chi connectivity index (χ0) is 16.5. The SMILES string of the molecule is O=C(N1CCS(=O)(=O)CC1)C1(c2cccc(F)c2)CCOCC1. The van der Waals surface area contributed by atoms with E-state index in [2.05, 4.69) is 0 Å². The van der Waals surface area contributed by atoms with Gasteiger partial charge < -0.3 is 9.64 Å². The van der Waals surface area contributed by atoms with E-state index in [1.54, 1.807) is 17.0 Å². The molecule has 0 bridgehead atoms. The maximum atomic E-state index is 13.7. The van der Waals surface area contributed by atoms with Crippen LogP contribution in [0.4, 0.5) is 4.39 Å². The van der Waals surface area contributed by atoms with Gasteiger partial charge in [-0.05, 0) is 30.5 Å². The molecule has 0 spiro atoms. The molecule has 2 heterocycles. The van der Waals surface area contributed by atoms with Crippen molar-refractivity contribution in [1.82, 2.24) is 4.90 Å². The van der Waals surface area contributed by atoms with Crippen molar-refractivity contribution in [2.45, 2.75) is 18.3 Å². The Morgan fingerprint density at radius 3 is 2.43 bits per heavy atom. The van der Waals surface area contributed by atoms with E-state index in [-0.39, 0.29) is 36.3 Å². The summed E-state index contributed by atoms with van der Waals surface area (Å²) in [5.41, 5.74) is -0.166. The Morgan fingerprint density at radius 1 is 1.17 bits per heavy atom. The number of benzene rings is 1. The van der Waals surface area contributed by atoms with Gasteiger partial charge in [-0.25, -0.2) is 12.8 Å². The molecule has 5 nitrogen and oxygen atoms in total. The van der Waals surface area contributed by atoms with Crippen molar-refractivity contribution in [1.29, 1.82) is 0 Å². The molecule has 3 rings (SSSR count). The van der Waals surface area contributed by atoms with E-state index in [4.69, 9.17) is 4.74 Å². The van der Waals surface area contributed by atoms with Crippen LogP contribution in [0.1, 0.15) is 18.4 Å². The normalized spacial score (nSPS) is 23.4. The highest BCUT2D eigenvalue weighted by Gasteiger charge is 2.45. The summed E-state index contributed by atoms with van der Waals surface area (Å²) in [5.74, 6) is -0.494. The van der Waals surface area contributed by atoms with E-state index in [0.717, 1.165) is 0 Å². The van der Waals surface area contributed by atoms with Gasteiger partial charge in [0, 0.05) is 26.3 Å². The van der Waals surface area contributed by atoms with E-state index in [1.165, 1.54) is 12.1 Å². The number of nitrogens with zero attached hydrogens (tertiary/aromatic N) is 1. The molecule has 7 heteroatoms. The molecule has 0 aliphatic carbocycles. The van der Waals surface area contributed by atoms with Crippen LogP contribution in [0.25, 0.3) is 0 Å². The zero-order valence-electron chi connectivity index (χ0n) is 12.8. The Hall–Kier alpha value is -1.47. The maximum Gasteiger partial charge on any atom is 0.233 e. The molecule has 1 aromatic rings. The first-order valence-electron chi connectivity index (χ1n) is 7.77. The van der Waals surface area contributed by atoms with Crippen LogP contribution < -0.4 is 0 Å². The largest absolute Gasteiger partial charge is 0.381 e. The summed E-state index contributed by atoms with van der Waals surface area (Å²) in [6.45, 7) is 1.29. The number of ether oxygens (including phenoxy) is 1. The van der Waals surface area contributed by atoms with Gasteiger partial charge in [0.25, 0.3) is 0 Å². The number of hydrogen-bond donors (Lipinski definition) is 0. The Balaban J connectivity index is 1.91. The van der Waals surface area contributed by atoms with Crippen molar-refractivity contribution in [3.8, 4) is 0 Å². The molecule has 2 aliphatic rings. The monoisotopic (exact) mass is 341 g/mol. The second kappa shape index (κ2) is 6.20. The molecule has 0 N–H and O–H groups in total. The van der Waals surface area contributed by atoms with Crippen LogP contribution in [-0.2, 0) is 24.8 Å². The van der Waals surface area contributed by atoms with Gasteiger partial charge in [0.2, 0.25) is 5.91 Å². The first-order valence-corrected chi connectivity index (χ1v) is 9.59. The lowest BCUT2D eigenvalue weighted by atomic mass is 9.73. The minimum Gasteiger partial charge on any atom is -0.381 e. The third-order valence-electron chi connectivity index (χ3n) is 4.76. The highest BCUT2D eigenvalue weighted by atomic mass is 32.2. The summed E-state index contributed by atoms with van der Waals surface area (Å²) in [4.78, 5) is 14.8. The van der Waals surface area contributed by atoms with Crippen molar-refractivity contribution in [2.24, 2.45) is 0 Å². The third-order valence-corrected chi connectivity index (χ3v) is 6.37. The Morgan fingerprint density at radius 2 is 1.83 bits per heavy atom. The standard InChI is InChI=1S/C16H20FNO4S/c17-14-3-1-2-13(12-14)16(4-8-22-9-5-16)15(19)18-6-10-23(20,21)11-7-18/h1-3,12H,4-11H2. The van der Waals surface area contributed by atoms with Crippen LogP contribution in [0, 0.1) is 5.82 Å². The first-order chi connectivity index (χ1) is 10.9. The summed E-state index contributed by atoms with van der Waals surface area (Å²) >= 11 is 0. The molecule has 0 aromatic heterocycles. The molecule has 1 amide bonds. The number of amides is 1. The number of halogens is 1. The zero-order valence-corrected chi connectivity index (χ0v) is 13.6. The Kier molecular flexibility index (Phi) is 4.42. The van der Waals surface area contributed by atoms with Crippen LogP contribution in [0.5, 0.6) is 0 Å². The molecule has 1 aromatic carbocycles. The fourth-order valence-electron chi connectivity index (χ4n) is 3.35.